The van der Waals surface area contributed by atoms with Crippen LogP contribution in [0.1, 0.15) is 20.3 Å². The number of halogens is 1. The molecular weight excluding hydrogens is 340 g/mol. The Balaban J connectivity index is 3.13. The van der Waals surface area contributed by atoms with E-state index in [2.05, 4.69) is 5.32 Å². The molecule has 1 aromatic rings. The highest BCUT2D eigenvalue weighted by Gasteiger charge is 2.31. The molecule has 130 valence electrons. The zero-order valence-corrected chi connectivity index (χ0v) is 15.3. The van der Waals surface area contributed by atoms with E-state index in [1.54, 1.807) is 38.1 Å². The van der Waals surface area contributed by atoms with Crippen molar-refractivity contribution in [2.45, 2.75) is 32.4 Å². The topological polar surface area (TPSA) is 75.7 Å². The smallest absolute Gasteiger partial charge is 0.244 e. The molecule has 0 fully saturated rings. The Morgan fingerprint density at radius 2 is 1.91 bits per heavy atom. The van der Waals surface area contributed by atoms with Crippen LogP contribution >= 0.6 is 11.6 Å². The van der Waals surface area contributed by atoms with Crippen molar-refractivity contribution >= 4 is 33.2 Å². The lowest BCUT2D eigenvalue weighted by molar-refractivity contribution is -0.123. The number of sulfonamides is 1. The van der Waals surface area contributed by atoms with E-state index in [9.17, 15) is 13.2 Å². The Hall–Kier alpha value is -1.31. The Morgan fingerprint density at radius 3 is 2.35 bits per heavy atom. The van der Waals surface area contributed by atoms with Crippen molar-refractivity contribution in [2.75, 3.05) is 24.3 Å². The molecule has 1 N–H and O–H groups in total. The molecule has 0 aliphatic rings. The van der Waals surface area contributed by atoms with Crippen molar-refractivity contribution in [2.24, 2.45) is 0 Å². The van der Waals surface area contributed by atoms with Gasteiger partial charge in [0, 0.05) is 18.2 Å². The van der Waals surface area contributed by atoms with Gasteiger partial charge in [-0.15, -0.1) is 0 Å². The third-order valence-electron chi connectivity index (χ3n) is 3.22. The van der Waals surface area contributed by atoms with Gasteiger partial charge >= 0.3 is 0 Å². The Bertz CT molecular complexity index is 619. The molecule has 0 spiro atoms. The number of hydrogen-bond donors (Lipinski definition) is 1. The minimum absolute atomic E-state index is 0.215. The van der Waals surface area contributed by atoms with Gasteiger partial charge in [0.2, 0.25) is 15.9 Å². The molecule has 8 heteroatoms. The number of carbonyl (C=O) groups excluding carboxylic acids is 1. The van der Waals surface area contributed by atoms with E-state index in [0.717, 1.165) is 10.6 Å². The first-order valence-electron chi connectivity index (χ1n) is 7.25. The van der Waals surface area contributed by atoms with Gasteiger partial charge in [0.25, 0.3) is 0 Å². The van der Waals surface area contributed by atoms with Gasteiger partial charge in [-0.05, 0) is 37.6 Å². The molecule has 0 aliphatic carbocycles. The van der Waals surface area contributed by atoms with Crippen LogP contribution in [0, 0.1) is 0 Å². The number of anilines is 1. The van der Waals surface area contributed by atoms with Gasteiger partial charge < -0.3 is 10.1 Å². The Labute approximate surface area is 142 Å². The van der Waals surface area contributed by atoms with Crippen molar-refractivity contribution in [3.8, 4) is 0 Å². The van der Waals surface area contributed by atoms with Gasteiger partial charge in [-0.2, -0.15) is 0 Å². The van der Waals surface area contributed by atoms with E-state index in [-0.39, 0.29) is 11.9 Å². The van der Waals surface area contributed by atoms with E-state index in [0.29, 0.717) is 23.7 Å². The molecule has 6 nitrogen and oxygen atoms in total. The van der Waals surface area contributed by atoms with Crippen molar-refractivity contribution < 1.29 is 17.9 Å². The predicted molar refractivity (Wildman–Crippen MR) is 92.3 cm³/mol. The van der Waals surface area contributed by atoms with Gasteiger partial charge in [0.15, 0.2) is 0 Å². The van der Waals surface area contributed by atoms with Gasteiger partial charge in [-0.25, -0.2) is 8.42 Å². The summed E-state index contributed by atoms with van der Waals surface area (Å²) in [7, 11) is -2.10. The lowest BCUT2D eigenvalue weighted by atomic mass is 10.1. The molecule has 0 saturated heterocycles. The summed E-state index contributed by atoms with van der Waals surface area (Å²) >= 11 is 5.85. The minimum atomic E-state index is -3.64. The number of nitrogens with one attached hydrogen (secondary N) is 1. The Morgan fingerprint density at radius 1 is 1.35 bits per heavy atom. The fourth-order valence-electron chi connectivity index (χ4n) is 2.28. The monoisotopic (exact) mass is 362 g/mol. The normalized spacial score (nSPS) is 14.1. The summed E-state index contributed by atoms with van der Waals surface area (Å²) in [4.78, 5) is 12.5. The van der Waals surface area contributed by atoms with Gasteiger partial charge in [0.1, 0.15) is 6.04 Å². The van der Waals surface area contributed by atoms with Crippen LogP contribution < -0.4 is 9.62 Å². The number of hydrogen-bond acceptors (Lipinski definition) is 4. The first kappa shape index (κ1) is 19.7. The zero-order chi connectivity index (χ0) is 17.6. The third-order valence-corrected chi connectivity index (χ3v) is 4.65. The average molecular weight is 363 g/mol. The molecule has 0 radical (unpaired) electrons. The molecule has 0 aliphatic heterocycles. The molecule has 1 amide bonds. The molecule has 0 bridgehead atoms. The molecule has 1 aromatic carbocycles. The second kappa shape index (κ2) is 8.52. The lowest BCUT2D eigenvalue weighted by Gasteiger charge is -2.31. The van der Waals surface area contributed by atoms with Crippen LogP contribution in [0.15, 0.2) is 24.3 Å². The number of rotatable bonds is 8. The van der Waals surface area contributed by atoms with Crippen LogP contribution in [0.25, 0.3) is 0 Å². The highest BCUT2D eigenvalue weighted by Crippen LogP contribution is 2.24. The fourth-order valence-corrected chi connectivity index (χ4v) is 3.62. The summed E-state index contributed by atoms with van der Waals surface area (Å²) in [6.07, 6.45) is 1.41. The van der Waals surface area contributed by atoms with Crippen LogP contribution in [-0.2, 0) is 19.6 Å². The summed E-state index contributed by atoms with van der Waals surface area (Å²) in [6, 6.07) is 5.29. The number of ether oxygens (including phenoxy) is 1. The second-order valence-electron chi connectivity index (χ2n) is 5.32. The van der Waals surface area contributed by atoms with Gasteiger partial charge in [0.05, 0.1) is 18.6 Å². The molecule has 2 atom stereocenters. The number of amides is 1. The van der Waals surface area contributed by atoms with Crippen LogP contribution in [0.3, 0.4) is 0 Å². The van der Waals surface area contributed by atoms with E-state index in [1.807, 2.05) is 0 Å². The molecular formula is C15H23ClN2O4S. The lowest BCUT2D eigenvalue weighted by Crippen LogP contribution is -2.51. The van der Waals surface area contributed by atoms with Gasteiger partial charge in [-0.3, -0.25) is 9.10 Å². The maximum atomic E-state index is 12.5. The summed E-state index contributed by atoms with van der Waals surface area (Å²) in [5.74, 6) is -0.363. The summed E-state index contributed by atoms with van der Waals surface area (Å²) < 4.78 is 30.5. The highest BCUT2D eigenvalue weighted by atomic mass is 35.5. The standard InChI is InChI=1S/C15H23ClN2O4S/c1-5-14(15(19)17-11(2)10-22-3)18(23(4,20)21)13-8-6-12(16)7-9-13/h6-9,11,14H,5,10H2,1-4H3,(H,17,19)/t11-,14+/m1/s1. The quantitative estimate of drug-likeness (QED) is 0.767. The summed E-state index contributed by atoms with van der Waals surface area (Å²) in [6.45, 7) is 3.91. The molecule has 0 unspecified atom stereocenters. The highest BCUT2D eigenvalue weighted by molar-refractivity contribution is 7.92. The first-order valence-corrected chi connectivity index (χ1v) is 9.47. The van der Waals surface area contributed by atoms with Crippen LogP contribution in [0.2, 0.25) is 5.02 Å². The fraction of sp³-hybridized carbons (Fsp3) is 0.533. The third kappa shape index (κ3) is 5.67. The number of benzene rings is 1. The van der Waals surface area contributed by atoms with E-state index in [4.69, 9.17) is 16.3 Å². The SMILES string of the molecule is CC[C@@H](C(=O)N[C@H](C)COC)N(c1ccc(Cl)cc1)S(C)(=O)=O. The molecule has 23 heavy (non-hydrogen) atoms. The van der Waals surface area contributed by atoms with Crippen molar-refractivity contribution in [1.82, 2.24) is 5.32 Å². The van der Waals surface area contributed by atoms with Crippen LogP contribution in [0.4, 0.5) is 5.69 Å². The second-order valence-corrected chi connectivity index (χ2v) is 7.62. The molecule has 0 heterocycles. The molecule has 1 rings (SSSR count). The number of carbonyl (C=O) groups is 1. The molecule has 0 aromatic heterocycles. The maximum Gasteiger partial charge on any atom is 0.244 e. The summed E-state index contributed by atoms with van der Waals surface area (Å²) in [5, 5.41) is 3.26. The van der Waals surface area contributed by atoms with E-state index in [1.165, 1.54) is 7.11 Å². The molecule has 0 saturated carbocycles. The van der Waals surface area contributed by atoms with Crippen molar-refractivity contribution in [1.29, 1.82) is 0 Å². The van der Waals surface area contributed by atoms with E-state index >= 15 is 0 Å². The van der Waals surface area contributed by atoms with Crippen molar-refractivity contribution in [3.63, 3.8) is 0 Å². The maximum absolute atomic E-state index is 12.5. The predicted octanol–water partition coefficient (Wildman–Crippen LogP) is 2.04. The van der Waals surface area contributed by atoms with E-state index < -0.39 is 16.1 Å². The Kier molecular flexibility index (Phi) is 7.31. The van der Waals surface area contributed by atoms with Crippen LogP contribution in [0.5, 0.6) is 0 Å². The van der Waals surface area contributed by atoms with Crippen molar-refractivity contribution in [3.05, 3.63) is 29.3 Å². The number of nitrogens with zero attached hydrogens (tertiary/aromatic N) is 1. The van der Waals surface area contributed by atoms with Crippen LogP contribution in [-0.4, -0.2) is 46.4 Å². The largest absolute Gasteiger partial charge is 0.383 e. The van der Waals surface area contributed by atoms with Gasteiger partial charge in [-0.1, -0.05) is 18.5 Å². The summed E-state index contributed by atoms with van der Waals surface area (Å²) in [5.41, 5.74) is 0.401. The average Bonchev–Trinajstić information content (AvgIpc) is 2.44. The number of methoxy groups -OCH3 is 1. The first-order chi connectivity index (χ1) is 10.7. The zero-order valence-electron chi connectivity index (χ0n) is 13.7. The minimum Gasteiger partial charge on any atom is -0.383 e.